The molecule has 4 rings (SSSR count). The molecule has 0 spiro atoms. The van der Waals surface area contributed by atoms with Gasteiger partial charge in [0.25, 0.3) is 0 Å². The van der Waals surface area contributed by atoms with Crippen LogP contribution in [-0.4, -0.2) is 33.5 Å². The molecule has 0 unspecified atom stereocenters. The fourth-order valence-corrected chi connectivity index (χ4v) is 8.64. The first-order chi connectivity index (χ1) is 15.8. The van der Waals surface area contributed by atoms with Gasteiger partial charge in [-0.25, -0.2) is 0 Å². The lowest BCUT2D eigenvalue weighted by Crippen LogP contribution is -2.67. The Labute approximate surface area is 207 Å². The second kappa shape index (κ2) is 8.76. The smallest absolute Gasteiger partial charge is 0.302 e. The summed E-state index contributed by atoms with van der Waals surface area (Å²) in [5.41, 5.74) is -2.24. The van der Waals surface area contributed by atoms with Crippen LogP contribution in [0.1, 0.15) is 93.4 Å². The van der Waals surface area contributed by atoms with Crippen LogP contribution >= 0.6 is 0 Å². The molecule has 4 aliphatic rings. The van der Waals surface area contributed by atoms with Crippen molar-refractivity contribution in [1.29, 1.82) is 0 Å². The van der Waals surface area contributed by atoms with E-state index in [4.69, 9.17) is 4.74 Å². The van der Waals surface area contributed by atoms with Gasteiger partial charge in [0.1, 0.15) is 6.10 Å². The molecular formula is C30H48O4. The quantitative estimate of drug-likeness (QED) is 0.377. The molecule has 3 fully saturated rings. The standard InChI is InChI=1S/C30H48O4/c1-19(2)20(3)8-9-21(4)24-10-11-25-27(24,6)14-13-26-28(7)15-12-23(34-22(5)31)18-29(28,32)16-17-30(25,26)33/h8-9,16-17,19-21,23-26,32-33H,10-15,18H2,1-7H3/b9-8+/t20-,21+,23-,24+,25+,26+,27+,28+,29+,30-/m0/s1. The lowest BCUT2D eigenvalue weighted by Gasteiger charge is -2.64. The first-order valence-electron chi connectivity index (χ1n) is 13.8. The number of carbonyl (C=O) groups is 1. The van der Waals surface area contributed by atoms with Crippen molar-refractivity contribution in [3.63, 3.8) is 0 Å². The third-order valence-corrected chi connectivity index (χ3v) is 11.1. The summed E-state index contributed by atoms with van der Waals surface area (Å²) in [6.07, 6.45) is 14.6. The number of fused-ring (bicyclic) bond motifs is 5. The van der Waals surface area contributed by atoms with Crippen molar-refractivity contribution in [1.82, 2.24) is 0 Å². The molecule has 0 saturated heterocycles. The van der Waals surface area contributed by atoms with Gasteiger partial charge >= 0.3 is 5.97 Å². The molecule has 192 valence electrons. The summed E-state index contributed by atoms with van der Waals surface area (Å²) in [5.74, 6) is 2.24. The predicted molar refractivity (Wildman–Crippen MR) is 136 cm³/mol. The Hall–Kier alpha value is -1.13. The van der Waals surface area contributed by atoms with Crippen LogP contribution in [0.3, 0.4) is 0 Å². The molecule has 0 aromatic carbocycles. The van der Waals surface area contributed by atoms with E-state index in [-0.39, 0.29) is 29.3 Å². The normalized spacial score (nSPS) is 47.7. The maximum absolute atomic E-state index is 12.3. The van der Waals surface area contributed by atoms with E-state index in [0.717, 1.165) is 38.5 Å². The molecule has 10 atom stereocenters. The fraction of sp³-hybridized carbons (Fsp3) is 0.833. The number of esters is 1. The Balaban J connectivity index is 1.60. The van der Waals surface area contributed by atoms with Crippen LogP contribution in [0.2, 0.25) is 0 Å². The van der Waals surface area contributed by atoms with Crippen LogP contribution in [0.15, 0.2) is 24.3 Å². The summed E-state index contributed by atoms with van der Waals surface area (Å²) in [6.45, 7) is 15.3. The molecule has 0 bridgehead atoms. The lowest BCUT2D eigenvalue weighted by molar-refractivity contribution is -0.223. The third kappa shape index (κ3) is 3.92. The van der Waals surface area contributed by atoms with Gasteiger partial charge in [-0.15, -0.1) is 0 Å². The Morgan fingerprint density at radius 2 is 1.68 bits per heavy atom. The van der Waals surface area contributed by atoms with E-state index in [1.165, 1.54) is 6.92 Å². The largest absolute Gasteiger partial charge is 0.462 e. The molecule has 4 aliphatic carbocycles. The number of allylic oxidation sites excluding steroid dienone is 2. The summed E-state index contributed by atoms with van der Waals surface area (Å²) in [6, 6.07) is 0. The van der Waals surface area contributed by atoms with Gasteiger partial charge < -0.3 is 14.9 Å². The zero-order valence-electron chi connectivity index (χ0n) is 22.5. The minimum Gasteiger partial charge on any atom is -0.462 e. The van der Waals surface area contributed by atoms with Crippen LogP contribution < -0.4 is 0 Å². The minimum atomic E-state index is -1.04. The average molecular weight is 473 g/mol. The number of hydrogen-bond acceptors (Lipinski definition) is 4. The molecule has 0 amide bonds. The monoisotopic (exact) mass is 472 g/mol. The SMILES string of the molecule is CC(=O)O[C@H]1CC[C@]2(C)[C@H]3CC[C@]4(C)[C@@H]([C@H](C)/C=C/[C@H](C)C(C)C)CC[C@H]4[C@@]3(O)C=C[C@@]2(O)C1. The van der Waals surface area contributed by atoms with E-state index >= 15 is 0 Å². The zero-order chi connectivity index (χ0) is 25.1. The molecule has 0 aromatic heterocycles. The van der Waals surface area contributed by atoms with Gasteiger partial charge in [-0.05, 0) is 73.5 Å². The number of hydrogen-bond donors (Lipinski definition) is 2. The Morgan fingerprint density at radius 1 is 0.971 bits per heavy atom. The van der Waals surface area contributed by atoms with Crippen LogP contribution in [0.4, 0.5) is 0 Å². The molecule has 4 heteroatoms. The van der Waals surface area contributed by atoms with Crippen LogP contribution in [0.5, 0.6) is 0 Å². The molecular weight excluding hydrogens is 424 g/mol. The van der Waals surface area contributed by atoms with Crippen molar-refractivity contribution >= 4 is 5.97 Å². The molecule has 0 radical (unpaired) electrons. The second-order valence-corrected chi connectivity index (χ2v) is 13.2. The van der Waals surface area contributed by atoms with Gasteiger partial charge in [0, 0.05) is 24.7 Å². The first kappa shape index (κ1) is 25.9. The van der Waals surface area contributed by atoms with Crippen LogP contribution in [-0.2, 0) is 9.53 Å². The van der Waals surface area contributed by atoms with Gasteiger partial charge in [-0.3, -0.25) is 4.79 Å². The van der Waals surface area contributed by atoms with Gasteiger partial charge in [0.05, 0.1) is 11.2 Å². The number of rotatable bonds is 5. The Morgan fingerprint density at radius 3 is 2.32 bits per heavy atom. The highest BCUT2D eigenvalue weighted by molar-refractivity contribution is 5.66. The van der Waals surface area contributed by atoms with Gasteiger partial charge in [-0.2, -0.15) is 0 Å². The summed E-state index contributed by atoms with van der Waals surface area (Å²) in [4.78, 5) is 11.5. The highest BCUT2D eigenvalue weighted by Gasteiger charge is 2.68. The first-order valence-corrected chi connectivity index (χ1v) is 13.8. The number of ether oxygens (including phenoxy) is 1. The molecule has 0 heterocycles. The highest BCUT2D eigenvalue weighted by Crippen LogP contribution is 2.69. The molecule has 0 aliphatic heterocycles. The van der Waals surface area contributed by atoms with Crippen molar-refractivity contribution < 1.29 is 19.7 Å². The fourth-order valence-electron chi connectivity index (χ4n) is 8.64. The van der Waals surface area contributed by atoms with Gasteiger partial charge in [-0.1, -0.05) is 65.8 Å². The molecule has 3 saturated carbocycles. The van der Waals surface area contributed by atoms with Gasteiger partial charge in [0.15, 0.2) is 0 Å². The maximum Gasteiger partial charge on any atom is 0.302 e. The lowest BCUT2D eigenvalue weighted by atomic mass is 9.43. The maximum atomic E-state index is 12.3. The van der Waals surface area contributed by atoms with Crippen LogP contribution in [0, 0.1) is 46.3 Å². The van der Waals surface area contributed by atoms with E-state index in [1.807, 2.05) is 12.2 Å². The summed E-state index contributed by atoms with van der Waals surface area (Å²) in [7, 11) is 0. The van der Waals surface area contributed by atoms with Crippen LogP contribution in [0.25, 0.3) is 0 Å². The van der Waals surface area contributed by atoms with Crippen molar-refractivity contribution in [2.75, 3.05) is 0 Å². The molecule has 4 nitrogen and oxygen atoms in total. The van der Waals surface area contributed by atoms with Crippen molar-refractivity contribution in [2.24, 2.45) is 46.3 Å². The minimum absolute atomic E-state index is 0.0249. The van der Waals surface area contributed by atoms with E-state index in [2.05, 4.69) is 53.7 Å². The topological polar surface area (TPSA) is 66.8 Å². The van der Waals surface area contributed by atoms with E-state index < -0.39 is 16.6 Å². The summed E-state index contributed by atoms with van der Waals surface area (Å²) < 4.78 is 5.49. The van der Waals surface area contributed by atoms with E-state index in [9.17, 15) is 15.0 Å². The van der Waals surface area contributed by atoms with Crippen molar-refractivity contribution in [2.45, 2.75) is 111 Å². The zero-order valence-corrected chi connectivity index (χ0v) is 22.5. The molecule has 2 N–H and O–H groups in total. The molecule has 34 heavy (non-hydrogen) atoms. The van der Waals surface area contributed by atoms with Crippen molar-refractivity contribution in [3.05, 3.63) is 24.3 Å². The van der Waals surface area contributed by atoms with Gasteiger partial charge in [0.2, 0.25) is 0 Å². The van der Waals surface area contributed by atoms with E-state index in [1.54, 1.807) is 0 Å². The number of carbonyl (C=O) groups excluding carboxylic acids is 1. The average Bonchev–Trinajstić information content (AvgIpc) is 3.11. The van der Waals surface area contributed by atoms with Crippen molar-refractivity contribution in [3.8, 4) is 0 Å². The summed E-state index contributed by atoms with van der Waals surface area (Å²) in [5, 5.41) is 24.1. The Kier molecular flexibility index (Phi) is 6.69. The summed E-state index contributed by atoms with van der Waals surface area (Å²) >= 11 is 0. The molecule has 0 aromatic rings. The second-order valence-electron chi connectivity index (χ2n) is 13.2. The third-order valence-electron chi connectivity index (χ3n) is 11.1. The number of aliphatic hydroxyl groups is 2. The predicted octanol–water partition coefficient (Wildman–Crippen LogP) is 6.07. The van der Waals surface area contributed by atoms with E-state index in [0.29, 0.717) is 30.1 Å². The Bertz CT molecular complexity index is 847. The highest BCUT2D eigenvalue weighted by atomic mass is 16.5.